The van der Waals surface area contributed by atoms with Gasteiger partial charge < -0.3 is 5.73 Å². The molecule has 0 amide bonds. The van der Waals surface area contributed by atoms with Gasteiger partial charge in [0.1, 0.15) is 0 Å². The Labute approximate surface area is 127 Å². The van der Waals surface area contributed by atoms with Crippen molar-refractivity contribution < 1.29 is 8.42 Å². The average Bonchev–Trinajstić information content (AvgIpc) is 2.33. The zero-order chi connectivity index (χ0) is 14.9. The monoisotopic (exact) mass is 354 g/mol. The normalized spacial score (nSPS) is 11.3. The molecule has 0 spiro atoms. The summed E-state index contributed by atoms with van der Waals surface area (Å²) in [4.78, 5) is 0.156. The summed E-state index contributed by atoms with van der Waals surface area (Å²) in [5, 5.41) is 0. The van der Waals surface area contributed by atoms with E-state index in [1.807, 2.05) is 13.0 Å². The third-order valence-electron chi connectivity index (χ3n) is 2.82. The number of anilines is 2. The van der Waals surface area contributed by atoms with Crippen LogP contribution >= 0.6 is 15.9 Å². The summed E-state index contributed by atoms with van der Waals surface area (Å²) in [5.74, 6) is 0. The van der Waals surface area contributed by atoms with E-state index in [0.29, 0.717) is 11.4 Å². The number of rotatable bonds is 3. The van der Waals surface area contributed by atoms with Gasteiger partial charge in [-0.05, 0) is 65.2 Å². The molecule has 0 fully saturated rings. The fourth-order valence-electron chi connectivity index (χ4n) is 1.86. The number of aryl methyl sites for hydroxylation is 2. The Morgan fingerprint density at radius 1 is 1.15 bits per heavy atom. The lowest BCUT2D eigenvalue weighted by Gasteiger charge is -2.12. The first kappa shape index (κ1) is 14.9. The Kier molecular flexibility index (Phi) is 4.06. The van der Waals surface area contributed by atoms with E-state index >= 15 is 0 Å². The molecule has 0 bridgehead atoms. The topological polar surface area (TPSA) is 72.2 Å². The van der Waals surface area contributed by atoms with E-state index in [9.17, 15) is 8.42 Å². The van der Waals surface area contributed by atoms with Crippen molar-refractivity contribution in [1.29, 1.82) is 0 Å². The van der Waals surface area contributed by atoms with Crippen molar-refractivity contribution >= 4 is 37.3 Å². The summed E-state index contributed by atoms with van der Waals surface area (Å²) in [6, 6.07) is 10.1. The molecule has 2 aromatic rings. The minimum atomic E-state index is -3.66. The Morgan fingerprint density at radius 2 is 1.85 bits per heavy atom. The smallest absolute Gasteiger partial charge is 0.262 e. The van der Waals surface area contributed by atoms with E-state index in [0.717, 1.165) is 15.6 Å². The van der Waals surface area contributed by atoms with Crippen molar-refractivity contribution in [3.05, 3.63) is 52.0 Å². The van der Waals surface area contributed by atoms with Gasteiger partial charge in [-0.2, -0.15) is 0 Å². The first-order valence-corrected chi connectivity index (χ1v) is 8.22. The van der Waals surface area contributed by atoms with E-state index in [1.54, 1.807) is 31.2 Å². The van der Waals surface area contributed by atoms with Crippen molar-refractivity contribution in [3.8, 4) is 0 Å². The highest BCUT2D eigenvalue weighted by atomic mass is 79.9. The number of sulfonamides is 1. The third kappa shape index (κ3) is 3.13. The van der Waals surface area contributed by atoms with Crippen molar-refractivity contribution in [3.63, 3.8) is 0 Å². The zero-order valence-electron chi connectivity index (χ0n) is 11.1. The summed E-state index contributed by atoms with van der Waals surface area (Å²) >= 11 is 3.38. The summed E-state index contributed by atoms with van der Waals surface area (Å²) in [7, 11) is -3.66. The van der Waals surface area contributed by atoms with Gasteiger partial charge in [-0.1, -0.05) is 12.1 Å². The molecule has 0 atom stereocenters. The molecule has 0 aromatic heterocycles. The predicted molar refractivity (Wildman–Crippen MR) is 85.3 cm³/mol. The van der Waals surface area contributed by atoms with Crippen molar-refractivity contribution in [2.24, 2.45) is 0 Å². The number of hydrogen-bond acceptors (Lipinski definition) is 3. The van der Waals surface area contributed by atoms with Crippen molar-refractivity contribution in [2.45, 2.75) is 18.7 Å². The molecular formula is C14H15BrN2O2S. The lowest BCUT2D eigenvalue weighted by atomic mass is 10.2. The van der Waals surface area contributed by atoms with Crippen LogP contribution in [0.5, 0.6) is 0 Å². The molecule has 0 saturated heterocycles. The standard InChI is InChI=1S/C14H15BrN2O2S/c1-9-6-11(16)8-12(7-9)20(18,19)17-13-5-3-4-10(2)14(13)15/h3-8,17H,16H2,1-2H3. The van der Waals surface area contributed by atoms with Crippen LogP contribution in [0.3, 0.4) is 0 Å². The van der Waals surface area contributed by atoms with Gasteiger partial charge in [0.2, 0.25) is 0 Å². The number of halogens is 1. The van der Waals surface area contributed by atoms with Crippen LogP contribution < -0.4 is 10.5 Å². The highest BCUT2D eigenvalue weighted by Gasteiger charge is 2.17. The Balaban J connectivity index is 2.43. The van der Waals surface area contributed by atoms with Gasteiger partial charge >= 0.3 is 0 Å². The Bertz CT molecular complexity index is 738. The second-order valence-corrected chi connectivity index (χ2v) is 7.10. The molecule has 0 saturated carbocycles. The molecular weight excluding hydrogens is 340 g/mol. The molecule has 2 rings (SSSR count). The molecule has 0 radical (unpaired) electrons. The lowest BCUT2D eigenvalue weighted by molar-refractivity contribution is 0.601. The zero-order valence-corrected chi connectivity index (χ0v) is 13.5. The molecule has 0 aliphatic rings. The van der Waals surface area contributed by atoms with Crippen LogP contribution in [-0.4, -0.2) is 8.42 Å². The van der Waals surface area contributed by atoms with E-state index in [1.165, 1.54) is 6.07 Å². The fourth-order valence-corrected chi connectivity index (χ4v) is 3.57. The van der Waals surface area contributed by atoms with Crippen LogP contribution in [-0.2, 0) is 10.0 Å². The van der Waals surface area contributed by atoms with Crippen LogP contribution in [0.1, 0.15) is 11.1 Å². The number of nitrogens with one attached hydrogen (secondary N) is 1. The summed E-state index contributed by atoms with van der Waals surface area (Å²) < 4.78 is 28.1. The Hall–Kier alpha value is -1.53. The first-order valence-electron chi connectivity index (χ1n) is 5.95. The largest absolute Gasteiger partial charge is 0.399 e. The molecule has 0 aliphatic carbocycles. The number of hydrogen-bond donors (Lipinski definition) is 2. The second-order valence-electron chi connectivity index (χ2n) is 4.62. The summed E-state index contributed by atoms with van der Waals surface area (Å²) in [5.41, 5.74) is 8.38. The molecule has 0 heterocycles. The van der Waals surface area contributed by atoms with Crippen LogP contribution in [0.4, 0.5) is 11.4 Å². The van der Waals surface area contributed by atoms with Gasteiger partial charge in [-0.3, -0.25) is 4.72 Å². The minimum Gasteiger partial charge on any atom is -0.399 e. The predicted octanol–water partition coefficient (Wildman–Crippen LogP) is 3.45. The molecule has 0 unspecified atom stereocenters. The molecule has 3 N–H and O–H groups in total. The van der Waals surface area contributed by atoms with E-state index in [4.69, 9.17) is 5.73 Å². The third-order valence-corrected chi connectivity index (χ3v) is 5.22. The first-order chi connectivity index (χ1) is 9.29. The molecule has 106 valence electrons. The molecule has 4 nitrogen and oxygen atoms in total. The van der Waals surface area contributed by atoms with Crippen LogP contribution in [0.25, 0.3) is 0 Å². The van der Waals surface area contributed by atoms with Crippen molar-refractivity contribution in [2.75, 3.05) is 10.5 Å². The highest BCUT2D eigenvalue weighted by molar-refractivity contribution is 9.10. The maximum absolute atomic E-state index is 12.4. The van der Waals surface area contributed by atoms with Crippen LogP contribution in [0.15, 0.2) is 45.8 Å². The van der Waals surface area contributed by atoms with Gasteiger partial charge in [0.15, 0.2) is 0 Å². The summed E-state index contributed by atoms with van der Waals surface area (Å²) in [6.07, 6.45) is 0. The van der Waals surface area contributed by atoms with Crippen LogP contribution in [0.2, 0.25) is 0 Å². The van der Waals surface area contributed by atoms with Gasteiger partial charge in [-0.15, -0.1) is 0 Å². The molecule has 2 aromatic carbocycles. The maximum atomic E-state index is 12.4. The number of benzene rings is 2. The minimum absolute atomic E-state index is 0.156. The number of nitrogens with two attached hydrogens (primary N) is 1. The van der Waals surface area contributed by atoms with Crippen LogP contribution in [0, 0.1) is 13.8 Å². The van der Waals surface area contributed by atoms with E-state index < -0.39 is 10.0 Å². The van der Waals surface area contributed by atoms with E-state index in [-0.39, 0.29) is 4.90 Å². The number of nitrogen functional groups attached to an aromatic ring is 1. The SMILES string of the molecule is Cc1cc(N)cc(S(=O)(=O)Nc2cccc(C)c2Br)c1. The lowest BCUT2D eigenvalue weighted by Crippen LogP contribution is -2.14. The van der Waals surface area contributed by atoms with Crippen molar-refractivity contribution in [1.82, 2.24) is 0 Å². The molecule has 20 heavy (non-hydrogen) atoms. The Morgan fingerprint density at radius 3 is 2.50 bits per heavy atom. The van der Waals surface area contributed by atoms with Gasteiger partial charge in [0.05, 0.1) is 10.6 Å². The van der Waals surface area contributed by atoms with Gasteiger partial charge in [0.25, 0.3) is 10.0 Å². The highest BCUT2D eigenvalue weighted by Crippen LogP contribution is 2.28. The fraction of sp³-hybridized carbons (Fsp3) is 0.143. The summed E-state index contributed by atoms with van der Waals surface area (Å²) in [6.45, 7) is 3.70. The molecule has 0 aliphatic heterocycles. The average molecular weight is 355 g/mol. The van der Waals surface area contributed by atoms with Gasteiger partial charge in [-0.25, -0.2) is 8.42 Å². The van der Waals surface area contributed by atoms with Gasteiger partial charge in [0, 0.05) is 10.2 Å². The maximum Gasteiger partial charge on any atom is 0.262 e. The quantitative estimate of drug-likeness (QED) is 0.829. The molecule has 6 heteroatoms. The second kappa shape index (κ2) is 5.46. The van der Waals surface area contributed by atoms with E-state index in [2.05, 4.69) is 20.7 Å².